The van der Waals surface area contributed by atoms with Crippen molar-refractivity contribution in [2.24, 2.45) is 5.92 Å². The van der Waals surface area contributed by atoms with Crippen molar-refractivity contribution >= 4 is 0 Å². The first-order valence-corrected chi connectivity index (χ1v) is 4.44. The summed E-state index contributed by atoms with van der Waals surface area (Å²) in [5.41, 5.74) is 0.0453. The zero-order chi connectivity index (χ0) is 9.35. The van der Waals surface area contributed by atoms with Crippen molar-refractivity contribution < 1.29 is 8.78 Å². The summed E-state index contributed by atoms with van der Waals surface area (Å²) in [6, 6.07) is 0. The molecule has 0 aromatic heterocycles. The van der Waals surface area contributed by atoms with Crippen LogP contribution in [0.1, 0.15) is 27.2 Å². The van der Waals surface area contributed by atoms with Crippen LogP contribution in [-0.4, -0.2) is 30.0 Å². The highest BCUT2D eigenvalue weighted by atomic mass is 19.3. The zero-order valence-corrected chi connectivity index (χ0v) is 7.98. The Morgan fingerprint density at radius 3 is 2.17 bits per heavy atom. The van der Waals surface area contributed by atoms with Crippen LogP contribution in [0.15, 0.2) is 0 Å². The highest BCUT2D eigenvalue weighted by Crippen LogP contribution is 2.27. The van der Waals surface area contributed by atoms with E-state index in [0.717, 1.165) is 6.54 Å². The minimum atomic E-state index is -2.14. The second-order valence-electron chi connectivity index (χ2n) is 4.50. The molecule has 1 unspecified atom stereocenters. The van der Waals surface area contributed by atoms with E-state index in [1.54, 1.807) is 0 Å². The summed E-state index contributed by atoms with van der Waals surface area (Å²) in [6.07, 6.45) is -1.49. The Morgan fingerprint density at radius 1 is 1.33 bits per heavy atom. The third-order valence-corrected chi connectivity index (χ3v) is 2.53. The summed E-state index contributed by atoms with van der Waals surface area (Å²) in [5.74, 6) is -0.399. The molecule has 0 saturated carbocycles. The maximum atomic E-state index is 12.3. The van der Waals surface area contributed by atoms with Crippen LogP contribution < -0.4 is 0 Å². The lowest BCUT2D eigenvalue weighted by molar-refractivity contribution is 0.0712. The van der Waals surface area contributed by atoms with Crippen molar-refractivity contribution in [3.63, 3.8) is 0 Å². The van der Waals surface area contributed by atoms with E-state index < -0.39 is 12.3 Å². The lowest BCUT2D eigenvalue weighted by atomic mass is 10.1. The Hall–Kier alpha value is -0.180. The highest BCUT2D eigenvalue weighted by Gasteiger charge is 2.34. The first-order chi connectivity index (χ1) is 5.41. The van der Waals surface area contributed by atoms with Crippen molar-refractivity contribution in [3.8, 4) is 0 Å². The monoisotopic (exact) mass is 177 g/mol. The Morgan fingerprint density at radius 2 is 1.92 bits per heavy atom. The van der Waals surface area contributed by atoms with Gasteiger partial charge >= 0.3 is 0 Å². The maximum absolute atomic E-state index is 12.3. The molecule has 72 valence electrons. The van der Waals surface area contributed by atoms with Gasteiger partial charge in [0.2, 0.25) is 6.43 Å². The van der Waals surface area contributed by atoms with Crippen LogP contribution in [0.25, 0.3) is 0 Å². The van der Waals surface area contributed by atoms with Gasteiger partial charge in [0, 0.05) is 18.0 Å². The fourth-order valence-electron chi connectivity index (χ4n) is 1.60. The number of likely N-dealkylation sites (tertiary alicyclic amines) is 1. The van der Waals surface area contributed by atoms with Crippen molar-refractivity contribution in [3.05, 3.63) is 0 Å². The van der Waals surface area contributed by atoms with Crippen LogP contribution in [0.5, 0.6) is 0 Å². The number of halogens is 2. The van der Waals surface area contributed by atoms with Crippen molar-refractivity contribution in [2.45, 2.75) is 39.2 Å². The molecule has 0 aliphatic carbocycles. The minimum absolute atomic E-state index is 0.0453. The molecule has 1 atom stereocenters. The molecule has 0 N–H and O–H groups in total. The van der Waals surface area contributed by atoms with Crippen molar-refractivity contribution in [1.82, 2.24) is 4.90 Å². The number of nitrogens with zero attached hydrogens (tertiary/aromatic N) is 1. The lowest BCUT2D eigenvalue weighted by Gasteiger charge is -2.31. The molecule has 0 radical (unpaired) electrons. The summed E-state index contributed by atoms with van der Waals surface area (Å²) in [6.45, 7) is 7.59. The third kappa shape index (κ3) is 2.16. The van der Waals surface area contributed by atoms with E-state index in [1.807, 2.05) is 0 Å². The molecule has 3 heteroatoms. The summed E-state index contributed by atoms with van der Waals surface area (Å²) >= 11 is 0. The normalized spacial score (nSPS) is 27.0. The molecular weight excluding hydrogens is 160 g/mol. The SMILES string of the molecule is CC(C)(C)N1CCC(C(F)F)C1. The van der Waals surface area contributed by atoms with Crippen LogP contribution in [0.2, 0.25) is 0 Å². The molecule has 0 aromatic rings. The Bertz CT molecular complexity index is 151. The summed E-state index contributed by atoms with van der Waals surface area (Å²) in [5, 5.41) is 0. The molecule has 0 bridgehead atoms. The molecule has 12 heavy (non-hydrogen) atoms. The number of alkyl halides is 2. The van der Waals surface area contributed by atoms with Crippen LogP contribution in [0, 0.1) is 5.92 Å². The molecule has 1 fully saturated rings. The third-order valence-electron chi connectivity index (χ3n) is 2.53. The van der Waals surface area contributed by atoms with Gasteiger partial charge < -0.3 is 0 Å². The Balaban J connectivity index is 2.46. The molecule has 1 rings (SSSR count). The van der Waals surface area contributed by atoms with Gasteiger partial charge in [-0.1, -0.05) is 0 Å². The fraction of sp³-hybridized carbons (Fsp3) is 1.00. The average Bonchev–Trinajstić information content (AvgIpc) is 2.30. The van der Waals surface area contributed by atoms with Gasteiger partial charge in [0.25, 0.3) is 0 Å². The molecule has 1 heterocycles. The number of hydrogen-bond acceptors (Lipinski definition) is 1. The van der Waals surface area contributed by atoms with E-state index in [1.165, 1.54) is 0 Å². The first-order valence-electron chi connectivity index (χ1n) is 4.44. The van der Waals surface area contributed by atoms with E-state index in [0.29, 0.717) is 13.0 Å². The predicted octanol–water partition coefficient (Wildman–Crippen LogP) is 2.37. The van der Waals surface area contributed by atoms with Gasteiger partial charge in [-0.15, -0.1) is 0 Å². The molecule has 0 spiro atoms. The van der Waals surface area contributed by atoms with Crippen molar-refractivity contribution in [2.75, 3.05) is 13.1 Å². The number of hydrogen-bond donors (Lipinski definition) is 0. The molecule has 1 nitrogen and oxygen atoms in total. The van der Waals surface area contributed by atoms with Crippen LogP contribution in [0.3, 0.4) is 0 Å². The van der Waals surface area contributed by atoms with Gasteiger partial charge in [0.1, 0.15) is 0 Å². The van der Waals surface area contributed by atoms with Crippen LogP contribution in [-0.2, 0) is 0 Å². The van der Waals surface area contributed by atoms with Gasteiger partial charge in [-0.3, -0.25) is 4.90 Å². The minimum Gasteiger partial charge on any atom is -0.298 e. The quantitative estimate of drug-likeness (QED) is 0.594. The molecule has 1 saturated heterocycles. The summed E-state index contributed by atoms with van der Waals surface area (Å²) in [4.78, 5) is 2.13. The van der Waals surface area contributed by atoms with Crippen molar-refractivity contribution in [1.29, 1.82) is 0 Å². The van der Waals surface area contributed by atoms with Crippen LogP contribution in [0.4, 0.5) is 8.78 Å². The smallest absolute Gasteiger partial charge is 0.242 e. The maximum Gasteiger partial charge on any atom is 0.242 e. The average molecular weight is 177 g/mol. The van der Waals surface area contributed by atoms with E-state index in [-0.39, 0.29) is 5.54 Å². The standard InChI is InChI=1S/C9H17F2N/c1-9(2,3)12-5-4-7(6-12)8(10)11/h7-8H,4-6H2,1-3H3. The molecule has 0 aromatic carbocycles. The van der Waals surface area contributed by atoms with E-state index in [2.05, 4.69) is 25.7 Å². The molecule has 0 amide bonds. The second-order valence-corrected chi connectivity index (χ2v) is 4.50. The van der Waals surface area contributed by atoms with Gasteiger partial charge in [-0.2, -0.15) is 0 Å². The fourth-order valence-corrected chi connectivity index (χ4v) is 1.60. The zero-order valence-electron chi connectivity index (χ0n) is 7.98. The van der Waals surface area contributed by atoms with E-state index in [9.17, 15) is 8.78 Å². The molecule has 1 aliphatic heterocycles. The van der Waals surface area contributed by atoms with Crippen LogP contribution >= 0.6 is 0 Å². The summed E-state index contributed by atoms with van der Waals surface area (Å²) < 4.78 is 24.5. The highest BCUT2D eigenvalue weighted by molar-refractivity contribution is 4.85. The summed E-state index contributed by atoms with van der Waals surface area (Å²) in [7, 11) is 0. The van der Waals surface area contributed by atoms with Gasteiger partial charge in [-0.05, 0) is 33.7 Å². The number of rotatable bonds is 1. The molecule has 1 aliphatic rings. The lowest BCUT2D eigenvalue weighted by Crippen LogP contribution is -2.39. The van der Waals surface area contributed by atoms with Gasteiger partial charge in [0.15, 0.2) is 0 Å². The molecular formula is C9H17F2N. The van der Waals surface area contributed by atoms with E-state index >= 15 is 0 Å². The predicted molar refractivity (Wildman–Crippen MR) is 45.4 cm³/mol. The van der Waals surface area contributed by atoms with Gasteiger partial charge in [0.05, 0.1) is 0 Å². The largest absolute Gasteiger partial charge is 0.298 e. The Kier molecular flexibility index (Phi) is 2.71. The topological polar surface area (TPSA) is 3.24 Å². The van der Waals surface area contributed by atoms with E-state index in [4.69, 9.17) is 0 Å². The van der Waals surface area contributed by atoms with Gasteiger partial charge in [-0.25, -0.2) is 8.78 Å². The first kappa shape index (κ1) is 9.90. The Labute approximate surface area is 72.7 Å². The second kappa shape index (κ2) is 3.29.